The van der Waals surface area contributed by atoms with Crippen molar-refractivity contribution in [3.8, 4) is 0 Å². The summed E-state index contributed by atoms with van der Waals surface area (Å²) in [4.78, 5) is 3.95. The van der Waals surface area contributed by atoms with E-state index < -0.39 is 10.0 Å². The predicted molar refractivity (Wildman–Crippen MR) is 73.9 cm³/mol. The molecule has 1 heterocycles. The van der Waals surface area contributed by atoms with Crippen LogP contribution in [0.25, 0.3) is 0 Å². The zero-order valence-electron chi connectivity index (χ0n) is 11.0. The average molecular weight is 283 g/mol. The zero-order chi connectivity index (χ0) is 13.7. The van der Waals surface area contributed by atoms with Gasteiger partial charge in [-0.25, -0.2) is 18.1 Å². The second-order valence-electron chi connectivity index (χ2n) is 5.06. The molecule has 0 radical (unpaired) electrons. The van der Waals surface area contributed by atoms with Crippen molar-refractivity contribution in [2.45, 2.75) is 43.7 Å². The smallest absolute Gasteiger partial charge is 0.258 e. The number of nitrogens with one attached hydrogen (secondary N) is 1. The molecular weight excluding hydrogens is 262 g/mol. The van der Waals surface area contributed by atoms with Crippen LogP contribution in [0.1, 0.15) is 37.7 Å². The quantitative estimate of drug-likeness (QED) is 0.855. The lowest BCUT2D eigenvalue weighted by molar-refractivity contribution is 0.357. The van der Waals surface area contributed by atoms with Crippen LogP contribution in [-0.4, -0.2) is 19.9 Å². The van der Waals surface area contributed by atoms with Gasteiger partial charge in [0, 0.05) is 19.3 Å². The number of nitrogens with zero attached hydrogens (tertiary/aromatic N) is 1. The summed E-state index contributed by atoms with van der Waals surface area (Å²) in [5.41, 5.74) is 6.29. The van der Waals surface area contributed by atoms with Crippen LogP contribution in [0.2, 0.25) is 0 Å². The largest absolute Gasteiger partial charge is 0.326 e. The van der Waals surface area contributed by atoms with E-state index in [2.05, 4.69) is 9.71 Å². The fourth-order valence-corrected chi connectivity index (χ4v) is 3.43. The number of rotatable bonds is 5. The highest BCUT2D eigenvalue weighted by Crippen LogP contribution is 2.23. The Bertz CT molecular complexity index is 493. The Morgan fingerprint density at radius 1 is 1.26 bits per heavy atom. The van der Waals surface area contributed by atoms with E-state index in [0.29, 0.717) is 19.0 Å². The Hall–Kier alpha value is -0.980. The van der Waals surface area contributed by atoms with Gasteiger partial charge in [0.1, 0.15) is 0 Å². The summed E-state index contributed by atoms with van der Waals surface area (Å²) in [7, 11) is -3.49. The Kier molecular flexibility index (Phi) is 4.90. The molecule has 1 aliphatic rings. The van der Waals surface area contributed by atoms with Crippen LogP contribution in [0.5, 0.6) is 0 Å². The van der Waals surface area contributed by atoms with Crippen molar-refractivity contribution in [2.75, 3.05) is 6.54 Å². The van der Waals surface area contributed by atoms with Gasteiger partial charge in [-0.1, -0.05) is 25.3 Å². The van der Waals surface area contributed by atoms with Crippen LogP contribution in [0, 0.1) is 5.92 Å². The lowest BCUT2D eigenvalue weighted by Crippen LogP contribution is -2.30. The summed E-state index contributed by atoms with van der Waals surface area (Å²) in [6.07, 6.45) is 7.41. The number of pyridine rings is 1. The monoisotopic (exact) mass is 283 g/mol. The van der Waals surface area contributed by atoms with Crippen LogP contribution in [0.3, 0.4) is 0 Å². The van der Waals surface area contributed by atoms with E-state index in [1.807, 2.05) is 0 Å². The molecule has 0 atom stereocenters. The first-order valence-electron chi connectivity index (χ1n) is 6.76. The van der Waals surface area contributed by atoms with Crippen molar-refractivity contribution >= 4 is 10.0 Å². The summed E-state index contributed by atoms with van der Waals surface area (Å²) >= 11 is 0. The molecule has 19 heavy (non-hydrogen) atoms. The van der Waals surface area contributed by atoms with Crippen LogP contribution >= 0.6 is 0 Å². The third-order valence-electron chi connectivity index (χ3n) is 3.60. The van der Waals surface area contributed by atoms with Crippen molar-refractivity contribution in [2.24, 2.45) is 11.7 Å². The van der Waals surface area contributed by atoms with Gasteiger partial charge in [-0.3, -0.25) is 0 Å². The van der Waals surface area contributed by atoms with Gasteiger partial charge in [-0.05, 0) is 30.4 Å². The van der Waals surface area contributed by atoms with Crippen molar-refractivity contribution < 1.29 is 8.42 Å². The summed E-state index contributed by atoms with van der Waals surface area (Å²) in [6.45, 7) is 0.880. The maximum atomic E-state index is 12.1. The number of aromatic nitrogens is 1. The summed E-state index contributed by atoms with van der Waals surface area (Å²) in [5.74, 6) is 0.465. The van der Waals surface area contributed by atoms with E-state index in [1.54, 1.807) is 6.07 Å². The van der Waals surface area contributed by atoms with Crippen LogP contribution in [0.4, 0.5) is 0 Å². The third-order valence-corrected chi connectivity index (χ3v) is 4.93. The predicted octanol–water partition coefficient (Wildman–Crippen LogP) is 1.40. The van der Waals surface area contributed by atoms with Gasteiger partial charge in [0.2, 0.25) is 0 Å². The van der Waals surface area contributed by atoms with Crippen LogP contribution in [-0.2, 0) is 16.6 Å². The van der Waals surface area contributed by atoms with E-state index in [9.17, 15) is 8.42 Å². The van der Waals surface area contributed by atoms with E-state index >= 15 is 0 Å². The maximum Gasteiger partial charge on any atom is 0.258 e. The molecule has 1 aliphatic carbocycles. The molecule has 2 rings (SSSR count). The van der Waals surface area contributed by atoms with Crippen molar-refractivity contribution in [1.82, 2.24) is 9.71 Å². The van der Waals surface area contributed by atoms with Gasteiger partial charge in [0.05, 0.1) is 0 Å². The second kappa shape index (κ2) is 6.45. The highest BCUT2D eigenvalue weighted by molar-refractivity contribution is 7.89. The van der Waals surface area contributed by atoms with Crippen molar-refractivity contribution in [1.29, 1.82) is 0 Å². The fraction of sp³-hybridized carbons (Fsp3) is 0.615. The maximum absolute atomic E-state index is 12.1. The normalized spacial score (nSPS) is 17.5. The minimum absolute atomic E-state index is 0.0699. The van der Waals surface area contributed by atoms with Gasteiger partial charge in [0.15, 0.2) is 5.03 Å². The molecular formula is C13H21N3O2S. The Labute approximate surface area is 114 Å². The number of hydrogen-bond acceptors (Lipinski definition) is 4. The molecule has 0 unspecified atom stereocenters. The molecule has 5 nitrogen and oxygen atoms in total. The highest BCUT2D eigenvalue weighted by Gasteiger charge is 2.19. The molecule has 1 aromatic heterocycles. The van der Waals surface area contributed by atoms with E-state index in [1.165, 1.54) is 31.5 Å². The van der Waals surface area contributed by atoms with Gasteiger partial charge in [-0.15, -0.1) is 0 Å². The minimum atomic E-state index is -3.49. The standard InChI is InChI=1S/C13H21N3O2S/c14-8-12-6-7-13(15-9-12)19(17,18)16-10-11-4-2-1-3-5-11/h6-7,9,11,16H,1-5,8,10,14H2. The minimum Gasteiger partial charge on any atom is -0.326 e. The van der Waals surface area contributed by atoms with Gasteiger partial charge >= 0.3 is 0 Å². The topological polar surface area (TPSA) is 85.1 Å². The third kappa shape index (κ3) is 3.99. The first-order valence-corrected chi connectivity index (χ1v) is 8.25. The van der Waals surface area contributed by atoms with E-state index in [4.69, 9.17) is 5.73 Å². The van der Waals surface area contributed by atoms with Crippen molar-refractivity contribution in [3.63, 3.8) is 0 Å². The molecule has 1 saturated carbocycles. The Morgan fingerprint density at radius 3 is 2.58 bits per heavy atom. The van der Waals surface area contributed by atoms with Crippen LogP contribution < -0.4 is 10.5 Å². The Balaban J connectivity index is 1.96. The molecule has 106 valence electrons. The highest BCUT2D eigenvalue weighted by atomic mass is 32.2. The Morgan fingerprint density at radius 2 is 2.00 bits per heavy atom. The molecule has 0 amide bonds. The van der Waals surface area contributed by atoms with Gasteiger partial charge in [-0.2, -0.15) is 0 Å². The molecule has 0 saturated heterocycles. The zero-order valence-corrected chi connectivity index (χ0v) is 11.8. The van der Waals surface area contributed by atoms with Gasteiger partial charge < -0.3 is 5.73 Å². The molecule has 1 aromatic rings. The fourth-order valence-electron chi connectivity index (χ4n) is 2.38. The molecule has 1 fully saturated rings. The summed E-state index contributed by atoms with van der Waals surface area (Å²) < 4.78 is 26.8. The number of sulfonamides is 1. The average Bonchev–Trinajstić information content (AvgIpc) is 2.46. The molecule has 0 spiro atoms. The van der Waals surface area contributed by atoms with E-state index in [-0.39, 0.29) is 5.03 Å². The molecule has 0 aliphatic heterocycles. The van der Waals surface area contributed by atoms with Crippen molar-refractivity contribution in [3.05, 3.63) is 23.9 Å². The number of hydrogen-bond donors (Lipinski definition) is 2. The second-order valence-corrected chi connectivity index (χ2v) is 6.78. The molecule has 3 N–H and O–H groups in total. The van der Waals surface area contributed by atoms with Crippen LogP contribution in [0.15, 0.2) is 23.4 Å². The SMILES string of the molecule is NCc1ccc(S(=O)(=O)NCC2CCCCC2)nc1. The summed E-state index contributed by atoms with van der Waals surface area (Å²) in [5, 5.41) is 0.0699. The summed E-state index contributed by atoms with van der Waals surface area (Å²) in [6, 6.07) is 3.20. The number of nitrogens with two attached hydrogens (primary N) is 1. The molecule has 0 bridgehead atoms. The van der Waals surface area contributed by atoms with E-state index in [0.717, 1.165) is 18.4 Å². The molecule has 0 aromatic carbocycles. The first kappa shape index (κ1) is 14.4. The van der Waals surface area contributed by atoms with Gasteiger partial charge in [0.25, 0.3) is 10.0 Å². The first-order chi connectivity index (χ1) is 9.12. The lowest BCUT2D eigenvalue weighted by Gasteiger charge is -2.21. The molecule has 6 heteroatoms. The lowest BCUT2D eigenvalue weighted by atomic mass is 9.90.